The zero-order valence-electron chi connectivity index (χ0n) is 23.6. The molecule has 4 heteroatoms. The van der Waals surface area contributed by atoms with Gasteiger partial charge >= 0.3 is 0 Å². The van der Waals surface area contributed by atoms with E-state index >= 15 is 0 Å². The number of benzene rings is 6. The number of hydrogen-bond donors (Lipinski definition) is 0. The van der Waals surface area contributed by atoms with Gasteiger partial charge in [0.25, 0.3) is 0 Å². The molecule has 0 amide bonds. The maximum Gasteiger partial charge on any atom is 0.160 e. The second-order valence-electron chi connectivity index (χ2n) is 10.8. The summed E-state index contributed by atoms with van der Waals surface area (Å²) in [7, 11) is 0. The molecule has 0 aliphatic rings. The molecule has 0 fully saturated rings. The molecule has 0 bridgehead atoms. The molecule has 6 aromatic carbocycles. The Hall–Kier alpha value is -5.32. The van der Waals surface area contributed by atoms with E-state index in [9.17, 15) is 0 Å². The fraction of sp³-hybridized carbons (Fsp3) is 0. The molecule has 44 heavy (non-hydrogen) atoms. The second kappa shape index (κ2) is 11.1. The summed E-state index contributed by atoms with van der Waals surface area (Å²) in [4.78, 5) is 10.1. The Labute approximate surface area is 263 Å². The van der Waals surface area contributed by atoms with Crippen LogP contribution in [0, 0.1) is 0 Å². The summed E-state index contributed by atoms with van der Waals surface area (Å²) >= 11 is 3.81. The Balaban J connectivity index is 1.35. The molecular weight excluding hydrogens is 604 g/mol. The summed E-state index contributed by atoms with van der Waals surface area (Å²) in [6.45, 7) is 0. The van der Waals surface area contributed by atoms with Crippen molar-refractivity contribution in [1.29, 1.82) is 0 Å². The first-order valence-corrected chi connectivity index (χ1v) is 15.3. The third-order valence-electron chi connectivity index (χ3n) is 7.95. The molecule has 2 heterocycles. The Morgan fingerprint density at radius 1 is 0.455 bits per heavy atom. The lowest BCUT2D eigenvalue weighted by molar-refractivity contribution is 0.670. The first kappa shape index (κ1) is 26.3. The first-order valence-electron chi connectivity index (χ1n) is 14.5. The molecule has 0 aliphatic carbocycles. The van der Waals surface area contributed by atoms with E-state index in [0.717, 1.165) is 71.2 Å². The minimum absolute atomic E-state index is 0.686. The third-order valence-corrected chi connectivity index (χ3v) is 8.40. The molecule has 0 saturated carbocycles. The van der Waals surface area contributed by atoms with Gasteiger partial charge in [-0.1, -0.05) is 137 Å². The lowest BCUT2D eigenvalue weighted by Gasteiger charge is -2.10. The van der Waals surface area contributed by atoms with Gasteiger partial charge in [0.05, 0.1) is 11.4 Å². The van der Waals surface area contributed by atoms with Crippen molar-refractivity contribution in [2.75, 3.05) is 0 Å². The normalized spacial score (nSPS) is 11.3. The van der Waals surface area contributed by atoms with E-state index < -0.39 is 0 Å². The zero-order valence-corrected chi connectivity index (χ0v) is 25.2. The summed E-state index contributed by atoms with van der Waals surface area (Å²) in [5.41, 5.74) is 10.9. The maximum atomic E-state index is 6.67. The van der Waals surface area contributed by atoms with Gasteiger partial charge in [0.1, 0.15) is 11.2 Å². The molecule has 0 aliphatic heterocycles. The maximum absolute atomic E-state index is 6.67. The molecule has 0 spiro atoms. The van der Waals surface area contributed by atoms with Crippen LogP contribution in [-0.2, 0) is 0 Å². The highest BCUT2D eigenvalue weighted by Gasteiger charge is 2.19. The molecule has 8 aromatic rings. The summed E-state index contributed by atoms with van der Waals surface area (Å²) in [5, 5.41) is 2.06. The second-order valence-corrected chi connectivity index (χ2v) is 11.7. The zero-order chi connectivity index (χ0) is 29.5. The number of aromatic nitrogens is 2. The van der Waals surface area contributed by atoms with E-state index in [4.69, 9.17) is 14.4 Å². The van der Waals surface area contributed by atoms with Crippen LogP contribution in [0.4, 0.5) is 0 Å². The lowest BCUT2D eigenvalue weighted by Crippen LogP contribution is -1.96. The average molecular weight is 630 g/mol. The Bertz CT molecular complexity index is 2220. The van der Waals surface area contributed by atoms with Crippen molar-refractivity contribution < 1.29 is 4.42 Å². The highest BCUT2D eigenvalue weighted by Crippen LogP contribution is 2.43. The van der Waals surface area contributed by atoms with Gasteiger partial charge in [0, 0.05) is 37.5 Å². The molecular formula is C40H25BrN2O. The molecule has 0 unspecified atom stereocenters. The van der Waals surface area contributed by atoms with Gasteiger partial charge in [0.2, 0.25) is 0 Å². The number of halogens is 1. The van der Waals surface area contributed by atoms with Crippen molar-refractivity contribution in [1.82, 2.24) is 9.97 Å². The SMILES string of the molecule is Brc1cc(-c2cccc(-c3ccccc3)c2)c2oc3cccc(-c4cc(-c5ccccc5)nc(-c5ccccc5)n4)c3c2c1. The average Bonchev–Trinajstić information content (AvgIpc) is 3.47. The number of fused-ring (bicyclic) bond motifs is 3. The molecule has 0 N–H and O–H groups in total. The standard InChI is InChI=1S/C40H25BrN2O/c41-31-23-33(30-19-10-18-29(22-30)26-12-4-1-5-13-26)39-34(24-31)38-32(20-11-21-37(38)44-39)36-25-35(27-14-6-2-7-15-27)42-40(43-36)28-16-8-3-9-17-28/h1-25H. The predicted molar refractivity (Wildman–Crippen MR) is 184 cm³/mol. The highest BCUT2D eigenvalue weighted by molar-refractivity contribution is 9.10. The topological polar surface area (TPSA) is 38.9 Å². The fourth-order valence-electron chi connectivity index (χ4n) is 5.88. The van der Waals surface area contributed by atoms with Gasteiger partial charge in [-0.05, 0) is 47.0 Å². The van der Waals surface area contributed by atoms with Gasteiger partial charge in [-0.3, -0.25) is 0 Å². The minimum Gasteiger partial charge on any atom is -0.455 e. The molecule has 0 saturated heterocycles. The van der Waals surface area contributed by atoms with Crippen LogP contribution in [0.15, 0.2) is 161 Å². The number of rotatable bonds is 5. The van der Waals surface area contributed by atoms with E-state index in [-0.39, 0.29) is 0 Å². The van der Waals surface area contributed by atoms with Gasteiger partial charge in [0.15, 0.2) is 5.82 Å². The summed E-state index contributed by atoms with van der Waals surface area (Å²) < 4.78 is 7.65. The van der Waals surface area contributed by atoms with Crippen LogP contribution < -0.4 is 0 Å². The molecule has 8 rings (SSSR count). The van der Waals surface area contributed by atoms with Gasteiger partial charge in [-0.2, -0.15) is 0 Å². The predicted octanol–water partition coefficient (Wildman–Crippen LogP) is 11.5. The summed E-state index contributed by atoms with van der Waals surface area (Å²) in [5.74, 6) is 0.686. The number of hydrogen-bond acceptors (Lipinski definition) is 3. The monoisotopic (exact) mass is 628 g/mol. The smallest absolute Gasteiger partial charge is 0.160 e. The first-order chi connectivity index (χ1) is 21.7. The number of furan rings is 1. The molecule has 208 valence electrons. The van der Waals surface area contributed by atoms with E-state index in [2.05, 4.69) is 113 Å². The van der Waals surface area contributed by atoms with E-state index in [1.807, 2.05) is 54.6 Å². The van der Waals surface area contributed by atoms with Crippen LogP contribution >= 0.6 is 15.9 Å². The van der Waals surface area contributed by atoms with E-state index in [1.54, 1.807) is 0 Å². The summed E-state index contributed by atoms with van der Waals surface area (Å²) in [6, 6.07) is 52.1. The fourth-order valence-corrected chi connectivity index (χ4v) is 6.33. The van der Waals surface area contributed by atoms with Crippen molar-refractivity contribution >= 4 is 37.9 Å². The van der Waals surface area contributed by atoms with Gasteiger partial charge in [-0.25, -0.2) is 9.97 Å². The van der Waals surface area contributed by atoms with Gasteiger partial charge in [-0.15, -0.1) is 0 Å². The molecule has 0 radical (unpaired) electrons. The Kier molecular flexibility index (Phi) is 6.62. The van der Waals surface area contributed by atoms with Crippen LogP contribution in [0.5, 0.6) is 0 Å². The largest absolute Gasteiger partial charge is 0.455 e. The highest BCUT2D eigenvalue weighted by atomic mass is 79.9. The van der Waals surface area contributed by atoms with Crippen LogP contribution in [0.25, 0.3) is 78.1 Å². The lowest BCUT2D eigenvalue weighted by atomic mass is 9.96. The van der Waals surface area contributed by atoms with Crippen molar-refractivity contribution in [3.05, 3.63) is 156 Å². The Morgan fingerprint density at radius 3 is 1.82 bits per heavy atom. The molecule has 3 nitrogen and oxygen atoms in total. The van der Waals surface area contributed by atoms with E-state index in [1.165, 1.54) is 5.56 Å². The van der Waals surface area contributed by atoms with Gasteiger partial charge < -0.3 is 4.42 Å². The van der Waals surface area contributed by atoms with Crippen molar-refractivity contribution in [2.24, 2.45) is 0 Å². The van der Waals surface area contributed by atoms with Crippen LogP contribution in [0.3, 0.4) is 0 Å². The third kappa shape index (κ3) is 4.80. The van der Waals surface area contributed by atoms with Crippen LogP contribution in [0.2, 0.25) is 0 Å². The minimum atomic E-state index is 0.686. The summed E-state index contributed by atoms with van der Waals surface area (Å²) in [6.07, 6.45) is 0. The van der Waals surface area contributed by atoms with Crippen molar-refractivity contribution in [3.63, 3.8) is 0 Å². The molecule has 0 atom stereocenters. The number of nitrogens with zero attached hydrogens (tertiary/aromatic N) is 2. The van der Waals surface area contributed by atoms with Crippen molar-refractivity contribution in [2.45, 2.75) is 0 Å². The quantitative estimate of drug-likeness (QED) is 0.190. The van der Waals surface area contributed by atoms with E-state index in [0.29, 0.717) is 5.82 Å². The van der Waals surface area contributed by atoms with Crippen LogP contribution in [0.1, 0.15) is 0 Å². The Morgan fingerprint density at radius 2 is 1.07 bits per heavy atom. The van der Waals surface area contributed by atoms with Crippen molar-refractivity contribution in [3.8, 4) is 56.2 Å². The molecule has 2 aromatic heterocycles. The van der Waals surface area contributed by atoms with Crippen LogP contribution in [-0.4, -0.2) is 9.97 Å².